The summed E-state index contributed by atoms with van der Waals surface area (Å²) in [6, 6.07) is 12.0. The third kappa shape index (κ3) is 2.66. The van der Waals surface area contributed by atoms with Gasteiger partial charge >= 0.3 is 0 Å². The second-order valence-corrected chi connectivity index (χ2v) is 5.18. The molecule has 1 atom stereocenters. The summed E-state index contributed by atoms with van der Waals surface area (Å²) >= 11 is 3.37. The molecular weight excluding hydrogens is 306 g/mol. The fraction of sp³-hybridized carbons (Fsp3) is 0.214. The van der Waals surface area contributed by atoms with Crippen molar-refractivity contribution in [1.82, 2.24) is 9.97 Å². The number of rotatable bonds is 2. The molecule has 0 spiro atoms. The maximum atomic E-state index is 5.50. The topological polar surface area (TPSA) is 47.4 Å². The predicted molar refractivity (Wildman–Crippen MR) is 75.9 cm³/mol. The highest BCUT2D eigenvalue weighted by Gasteiger charge is 2.24. The molecule has 0 amide bonds. The SMILES string of the molecule is Cc1nc(Br)cc(C2=NO[C@H](c3ccccc3)C2)n1. The summed E-state index contributed by atoms with van der Waals surface area (Å²) < 4.78 is 0.765. The van der Waals surface area contributed by atoms with Gasteiger partial charge in [0.2, 0.25) is 0 Å². The molecule has 1 aliphatic rings. The molecule has 0 radical (unpaired) electrons. The van der Waals surface area contributed by atoms with Gasteiger partial charge in [-0.3, -0.25) is 0 Å². The molecule has 2 aromatic rings. The molecular formula is C14H12BrN3O. The van der Waals surface area contributed by atoms with E-state index in [1.807, 2.05) is 43.3 Å². The molecule has 19 heavy (non-hydrogen) atoms. The molecule has 2 heterocycles. The summed E-state index contributed by atoms with van der Waals surface area (Å²) in [6.45, 7) is 1.86. The number of aryl methyl sites for hydroxylation is 1. The monoisotopic (exact) mass is 317 g/mol. The van der Waals surface area contributed by atoms with Gasteiger partial charge in [0.25, 0.3) is 0 Å². The molecule has 0 unspecified atom stereocenters. The zero-order valence-electron chi connectivity index (χ0n) is 10.4. The third-order valence-corrected chi connectivity index (χ3v) is 3.35. The van der Waals surface area contributed by atoms with E-state index in [-0.39, 0.29) is 6.10 Å². The summed E-state index contributed by atoms with van der Waals surface area (Å²) in [5.74, 6) is 0.718. The van der Waals surface area contributed by atoms with Crippen LogP contribution in [0.4, 0.5) is 0 Å². The maximum Gasteiger partial charge on any atom is 0.158 e. The number of nitrogens with zero attached hydrogens (tertiary/aromatic N) is 3. The summed E-state index contributed by atoms with van der Waals surface area (Å²) in [5, 5.41) is 4.15. The van der Waals surface area contributed by atoms with Crippen molar-refractivity contribution in [2.45, 2.75) is 19.4 Å². The predicted octanol–water partition coefficient (Wildman–Crippen LogP) is 3.41. The molecule has 1 aliphatic heterocycles. The van der Waals surface area contributed by atoms with Crippen molar-refractivity contribution in [3.63, 3.8) is 0 Å². The fourth-order valence-corrected chi connectivity index (χ4v) is 2.53. The minimum absolute atomic E-state index is 0.0229. The Hall–Kier alpha value is -1.75. The van der Waals surface area contributed by atoms with Gasteiger partial charge in [0.1, 0.15) is 16.1 Å². The maximum absolute atomic E-state index is 5.50. The van der Waals surface area contributed by atoms with E-state index < -0.39 is 0 Å². The quantitative estimate of drug-likeness (QED) is 0.797. The molecule has 0 fully saturated rings. The Bertz CT molecular complexity index is 608. The van der Waals surface area contributed by atoms with Gasteiger partial charge in [0.05, 0.1) is 5.69 Å². The van der Waals surface area contributed by atoms with E-state index in [2.05, 4.69) is 31.1 Å². The summed E-state index contributed by atoms with van der Waals surface area (Å²) in [7, 11) is 0. The Kier molecular flexibility index (Phi) is 3.29. The molecule has 4 nitrogen and oxygen atoms in total. The summed E-state index contributed by atoms with van der Waals surface area (Å²) in [4.78, 5) is 14.1. The molecule has 0 N–H and O–H groups in total. The van der Waals surface area contributed by atoms with E-state index in [0.717, 1.165) is 33.8 Å². The van der Waals surface area contributed by atoms with Crippen molar-refractivity contribution in [1.29, 1.82) is 0 Å². The zero-order valence-corrected chi connectivity index (χ0v) is 12.0. The Morgan fingerprint density at radius 2 is 2.00 bits per heavy atom. The van der Waals surface area contributed by atoms with Gasteiger partial charge in [-0.25, -0.2) is 9.97 Å². The highest BCUT2D eigenvalue weighted by Crippen LogP contribution is 2.29. The number of aromatic nitrogens is 2. The van der Waals surface area contributed by atoms with Gasteiger partial charge in [-0.15, -0.1) is 0 Å². The van der Waals surface area contributed by atoms with Crippen molar-refractivity contribution in [3.05, 3.63) is 58.1 Å². The van der Waals surface area contributed by atoms with Gasteiger partial charge in [0.15, 0.2) is 6.10 Å². The van der Waals surface area contributed by atoms with Gasteiger partial charge in [-0.05, 0) is 34.5 Å². The van der Waals surface area contributed by atoms with Crippen molar-refractivity contribution < 1.29 is 4.84 Å². The second kappa shape index (κ2) is 5.09. The normalized spacial score (nSPS) is 18.0. The second-order valence-electron chi connectivity index (χ2n) is 4.37. The van der Waals surface area contributed by atoms with Crippen LogP contribution in [0.15, 0.2) is 46.2 Å². The van der Waals surface area contributed by atoms with Crippen LogP contribution in [-0.4, -0.2) is 15.7 Å². The fourth-order valence-electron chi connectivity index (χ4n) is 2.05. The van der Waals surface area contributed by atoms with Crippen LogP contribution in [0, 0.1) is 6.92 Å². The van der Waals surface area contributed by atoms with Crippen LogP contribution in [0.2, 0.25) is 0 Å². The first-order valence-electron chi connectivity index (χ1n) is 6.01. The van der Waals surface area contributed by atoms with Crippen molar-refractivity contribution in [3.8, 4) is 0 Å². The van der Waals surface area contributed by atoms with Crippen LogP contribution in [0.3, 0.4) is 0 Å². The average Bonchev–Trinajstić information content (AvgIpc) is 2.88. The van der Waals surface area contributed by atoms with Crippen LogP contribution in [0.25, 0.3) is 0 Å². The van der Waals surface area contributed by atoms with Crippen molar-refractivity contribution in [2.75, 3.05) is 0 Å². The lowest BCUT2D eigenvalue weighted by Gasteiger charge is -2.07. The molecule has 5 heteroatoms. The Labute approximate surface area is 119 Å². The van der Waals surface area contributed by atoms with E-state index in [4.69, 9.17) is 4.84 Å². The summed E-state index contributed by atoms with van der Waals surface area (Å²) in [6.07, 6.45) is 0.706. The molecule has 1 aromatic carbocycles. The molecule has 0 saturated heterocycles. The lowest BCUT2D eigenvalue weighted by Crippen LogP contribution is -2.05. The van der Waals surface area contributed by atoms with E-state index in [1.54, 1.807) is 0 Å². The van der Waals surface area contributed by atoms with E-state index in [9.17, 15) is 0 Å². The number of benzene rings is 1. The highest BCUT2D eigenvalue weighted by molar-refractivity contribution is 9.10. The first-order chi connectivity index (χ1) is 9.22. The van der Waals surface area contributed by atoms with Gasteiger partial charge in [-0.1, -0.05) is 35.5 Å². The minimum Gasteiger partial charge on any atom is -0.387 e. The van der Waals surface area contributed by atoms with Gasteiger partial charge in [-0.2, -0.15) is 0 Å². The first kappa shape index (κ1) is 12.3. The lowest BCUT2D eigenvalue weighted by atomic mass is 10.0. The molecule has 0 bridgehead atoms. The average molecular weight is 318 g/mol. The molecule has 0 saturated carbocycles. The highest BCUT2D eigenvalue weighted by atomic mass is 79.9. The van der Waals surface area contributed by atoms with E-state index in [0.29, 0.717) is 0 Å². The smallest absolute Gasteiger partial charge is 0.158 e. The summed E-state index contributed by atoms with van der Waals surface area (Å²) in [5.41, 5.74) is 2.81. The Morgan fingerprint density at radius 3 is 2.74 bits per heavy atom. The lowest BCUT2D eigenvalue weighted by molar-refractivity contribution is 0.0857. The van der Waals surface area contributed by atoms with Crippen molar-refractivity contribution >= 4 is 21.6 Å². The Morgan fingerprint density at radius 1 is 1.21 bits per heavy atom. The number of hydrogen-bond donors (Lipinski definition) is 0. The van der Waals surface area contributed by atoms with Crippen molar-refractivity contribution in [2.24, 2.45) is 5.16 Å². The molecule has 1 aromatic heterocycles. The van der Waals surface area contributed by atoms with Crippen LogP contribution >= 0.6 is 15.9 Å². The van der Waals surface area contributed by atoms with Crippen LogP contribution < -0.4 is 0 Å². The van der Waals surface area contributed by atoms with Crippen LogP contribution in [-0.2, 0) is 4.84 Å². The molecule has 96 valence electrons. The number of halogens is 1. The number of hydrogen-bond acceptors (Lipinski definition) is 4. The third-order valence-electron chi connectivity index (χ3n) is 2.94. The van der Waals surface area contributed by atoms with Gasteiger partial charge in [0, 0.05) is 6.42 Å². The van der Waals surface area contributed by atoms with E-state index in [1.165, 1.54) is 0 Å². The van der Waals surface area contributed by atoms with Crippen LogP contribution in [0.5, 0.6) is 0 Å². The zero-order chi connectivity index (χ0) is 13.2. The molecule has 3 rings (SSSR count). The molecule has 0 aliphatic carbocycles. The van der Waals surface area contributed by atoms with E-state index >= 15 is 0 Å². The Balaban J connectivity index is 1.82. The standard InChI is InChI=1S/C14H12BrN3O/c1-9-16-11(8-14(15)17-9)12-7-13(19-18-12)10-5-3-2-4-6-10/h2-6,8,13H,7H2,1H3/t13-/m0/s1. The first-order valence-corrected chi connectivity index (χ1v) is 6.81. The number of oxime groups is 1. The van der Waals surface area contributed by atoms with Gasteiger partial charge < -0.3 is 4.84 Å². The minimum atomic E-state index is -0.0229. The van der Waals surface area contributed by atoms with Crippen LogP contribution in [0.1, 0.15) is 29.6 Å². The largest absolute Gasteiger partial charge is 0.387 e.